The Labute approximate surface area is 114 Å². The van der Waals surface area contributed by atoms with Gasteiger partial charge in [-0.05, 0) is 37.8 Å². The fraction of sp³-hybridized carbons (Fsp3) is 0.538. The molecule has 0 bridgehead atoms. The van der Waals surface area contributed by atoms with E-state index in [1.54, 1.807) is 6.07 Å². The number of hydrogen-bond acceptors (Lipinski definition) is 4. The minimum Gasteiger partial charge on any atom is -0.396 e. The Morgan fingerprint density at radius 3 is 2.58 bits per heavy atom. The standard InChI is InChI=1S/C13H21N3O2S/c1-9-6-7-10(2)16(8-9)11-4-3-5-12(13(11)14)19(15,17)18/h3-5,9-10H,6-8,14H2,1-2H3,(H2,15,17,18). The van der Waals surface area contributed by atoms with Crippen molar-refractivity contribution < 1.29 is 8.42 Å². The molecule has 0 saturated carbocycles. The van der Waals surface area contributed by atoms with Crippen LogP contribution in [0.15, 0.2) is 23.1 Å². The second kappa shape index (κ2) is 5.02. The number of primary sulfonamides is 1. The van der Waals surface area contributed by atoms with Crippen molar-refractivity contribution in [2.45, 2.75) is 37.6 Å². The van der Waals surface area contributed by atoms with E-state index in [-0.39, 0.29) is 10.6 Å². The van der Waals surface area contributed by atoms with E-state index >= 15 is 0 Å². The fourth-order valence-corrected chi connectivity index (χ4v) is 3.33. The maximum absolute atomic E-state index is 11.5. The number of para-hydroxylation sites is 1. The van der Waals surface area contributed by atoms with E-state index in [4.69, 9.17) is 10.9 Å². The van der Waals surface area contributed by atoms with Gasteiger partial charge < -0.3 is 10.6 Å². The smallest absolute Gasteiger partial charge is 0.240 e. The van der Waals surface area contributed by atoms with Crippen LogP contribution in [0.2, 0.25) is 0 Å². The van der Waals surface area contributed by atoms with Gasteiger partial charge in [0.15, 0.2) is 0 Å². The van der Waals surface area contributed by atoms with Gasteiger partial charge in [0.2, 0.25) is 10.0 Å². The average molecular weight is 283 g/mol. The van der Waals surface area contributed by atoms with E-state index in [0.717, 1.165) is 18.7 Å². The topological polar surface area (TPSA) is 89.4 Å². The fourth-order valence-electron chi connectivity index (χ4n) is 2.66. The van der Waals surface area contributed by atoms with Gasteiger partial charge in [-0.1, -0.05) is 13.0 Å². The third-order valence-corrected chi connectivity index (χ3v) is 4.75. The third kappa shape index (κ3) is 2.84. The van der Waals surface area contributed by atoms with Crippen molar-refractivity contribution in [3.05, 3.63) is 18.2 Å². The van der Waals surface area contributed by atoms with Gasteiger partial charge in [0.25, 0.3) is 0 Å². The Kier molecular flexibility index (Phi) is 3.73. The molecule has 0 aromatic heterocycles. The number of piperidine rings is 1. The van der Waals surface area contributed by atoms with Crippen molar-refractivity contribution in [1.82, 2.24) is 0 Å². The number of rotatable bonds is 2. The predicted molar refractivity (Wildman–Crippen MR) is 77.4 cm³/mol. The summed E-state index contributed by atoms with van der Waals surface area (Å²) in [5, 5.41) is 5.19. The number of nitrogens with two attached hydrogens (primary N) is 2. The van der Waals surface area contributed by atoms with Crippen LogP contribution in [0.4, 0.5) is 11.4 Å². The Bertz CT molecular complexity index is 571. The van der Waals surface area contributed by atoms with E-state index < -0.39 is 10.0 Å². The van der Waals surface area contributed by atoms with Gasteiger partial charge in [-0.15, -0.1) is 0 Å². The molecule has 0 spiro atoms. The van der Waals surface area contributed by atoms with Crippen molar-refractivity contribution >= 4 is 21.4 Å². The molecule has 0 radical (unpaired) electrons. The Balaban J connectivity index is 2.45. The molecule has 2 rings (SSSR count). The maximum Gasteiger partial charge on any atom is 0.240 e. The first-order valence-electron chi connectivity index (χ1n) is 6.48. The molecule has 0 aliphatic carbocycles. The lowest BCUT2D eigenvalue weighted by molar-refractivity contribution is 0.390. The van der Waals surface area contributed by atoms with Crippen molar-refractivity contribution in [2.75, 3.05) is 17.2 Å². The summed E-state index contributed by atoms with van der Waals surface area (Å²) in [4.78, 5) is 2.19. The normalized spacial score (nSPS) is 24.5. The summed E-state index contributed by atoms with van der Waals surface area (Å²) in [5.74, 6) is 0.578. The predicted octanol–water partition coefficient (Wildman–Crippen LogP) is 1.54. The summed E-state index contributed by atoms with van der Waals surface area (Å²) < 4.78 is 23.0. The molecule has 1 aliphatic heterocycles. The van der Waals surface area contributed by atoms with E-state index in [0.29, 0.717) is 12.0 Å². The number of nitrogen functional groups attached to an aromatic ring is 1. The van der Waals surface area contributed by atoms with Crippen LogP contribution in [-0.4, -0.2) is 21.0 Å². The summed E-state index contributed by atoms with van der Waals surface area (Å²) in [5.41, 5.74) is 7.03. The minimum atomic E-state index is -3.78. The van der Waals surface area contributed by atoms with E-state index in [9.17, 15) is 8.42 Å². The second-order valence-corrected chi connectivity index (χ2v) is 6.95. The number of hydrogen-bond donors (Lipinski definition) is 2. The molecule has 19 heavy (non-hydrogen) atoms. The molecule has 1 aromatic rings. The zero-order chi connectivity index (χ0) is 14.2. The average Bonchev–Trinajstić information content (AvgIpc) is 2.31. The molecule has 1 fully saturated rings. The van der Waals surface area contributed by atoms with Gasteiger partial charge in [-0.25, -0.2) is 13.6 Å². The van der Waals surface area contributed by atoms with Crippen LogP contribution in [0.1, 0.15) is 26.7 Å². The quantitative estimate of drug-likeness (QED) is 0.806. The molecule has 1 aliphatic rings. The molecule has 2 atom stereocenters. The van der Waals surface area contributed by atoms with Crippen LogP contribution in [0.3, 0.4) is 0 Å². The van der Waals surface area contributed by atoms with Gasteiger partial charge in [0.1, 0.15) is 4.90 Å². The van der Waals surface area contributed by atoms with Gasteiger partial charge in [0.05, 0.1) is 11.4 Å². The summed E-state index contributed by atoms with van der Waals surface area (Å²) in [6.07, 6.45) is 2.27. The van der Waals surface area contributed by atoms with Crippen LogP contribution in [0, 0.1) is 5.92 Å². The SMILES string of the molecule is CC1CCC(C)N(c2cccc(S(N)(=O)=O)c2N)C1. The van der Waals surface area contributed by atoms with Crippen molar-refractivity contribution in [2.24, 2.45) is 11.1 Å². The summed E-state index contributed by atoms with van der Waals surface area (Å²) in [6.45, 7) is 5.22. The number of benzene rings is 1. The third-order valence-electron chi connectivity index (χ3n) is 3.78. The lowest BCUT2D eigenvalue weighted by Gasteiger charge is -2.39. The zero-order valence-corrected chi connectivity index (χ0v) is 12.2. The minimum absolute atomic E-state index is 0.00965. The molecule has 0 amide bonds. The first kappa shape index (κ1) is 14.1. The number of sulfonamides is 1. The highest BCUT2D eigenvalue weighted by Crippen LogP contribution is 2.34. The Hall–Kier alpha value is -1.27. The first-order valence-corrected chi connectivity index (χ1v) is 8.03. The highest BCUT2D eigenvalue weighted by Gasteiger charge is 2.26. The molecular weight excluding hydrogens is 262 g/mol. The van der Waals surface area contributed by atoms with Crippen molar-refractivity contribution in [3.63, 3.8) is 0 Å². The molecule has 1 aromatic carbocycles. The van der Waals surface area contributed by atoms with E-state index in [2.05, 4.69) is 18.7 Å². The van der Waals surface area contributed by atoms with Crippen molar-refractivity contribution in [3.8, 4) is 0 Å². The highest BCUT2D eigenvalue weighted by molar-refractivity contribution is 7.89. The summed E-state index contributed by atoms with van der Waals surface area (Å²) in [7, 11) is -3.78. The van der Waals surface area contributed by atoms with Gasteiger partial charge in [0, 0.05) is 12.6 Å². The van der Waals surface area contributed by atoms with E-state index in [1.807, 2.05) is 6.07 Å². The molecule has 1 heterocycles. The van der Waals surface area contributed by atoms with Gasteiger partial charge in [-0.2, -0.15) is 0 Å². The van der Waals surface area contributed by atoms with Crippen LogP contribution in [0.5, 0.6) is 0 Å². The van der Waals surface area contributed by atoms with E-state index in [1.165, 1.54) is 12.5 Å². The molecule has 5 nitrogen and oxygen atoms in total. The largest absolute Gasteiger partial charge is 0.396 e. The maximum atomic E-state index is 11.5. The molecule has 4 N–H and O–H groups in total. The molecule has 6 heteroatoms. The van der Waals surface area contributed by atoms with Crippen molar-refractivity contribution in [1.29, 1.82) is 0 Å². The highest BCUT2D eigenvalue weighted by atomic mass is 32.2. The lowest BCUT2D eigenvalue weighted by atomic mass is 9.94. The van der Waals surface area contributed by atoms with Crippen LogP contribution >= 0.6 is 0 Å². The van der Waals surface area contributed by atoms with Crippen LogP contribution in [0.25, 0.3) is 0 Å². The Morgan fingerprint density at radius 1 is 1.26 bits per heavy atom. The molecule has 2 unspecified atom stereocenters. The molecule has 1 saturated heterocycles. The van der Waals surface area contributed by atoms with Crippen LogP contribution in [-0.2, 0) is 10.0 Å². The number of nitrogens with zero attached hydrogens (tertiary/aromatic N) is 1. The number of anilines is 2. The van der Waals surface area contributed by atoms with Gasteiger partial charge >= 0.3 is 0 Å². The Morgan fingerprint density at radius 2 is 1.95 bits per heavy atom. The monoisotopic (exact) mass is 283 g/mol. The lowest BCUT2D eigenvalue weighted by Crippen LogP contribution is -2.41. The summed E-state index contributed by atoms with van der Waals surface area (Å²) >= 11 is 0. The molecular formula is C13H21N3O2S. The summed E-state index contributed by atoms with van der Waals surface area (Å²) in [6, 6.07) is 5.36. The zero-order valence-electron chi connectivity index (χ0n) is 11.3. The second-order valence-electron chi connectivity index (χ2n) is 5.42. The van der Waals surface area contributed by atoms with Gasteiger partial charge in [-0.3, -0.25) is 0 Å². The molecule has 106 valence electrons. The first-order chi connectivity index (χ1) is 8.80. The van der Waals surface area contributed by atoms with Crippen LogP contribution < -0.4 is 15.8 Å².